The SMILES string of the molecule is CC(C)[Si](C#CCOCCOCCOCCn1cc(COCCOCCOCCCl)nn1)(C(C)C)C(C)C. The Labute approximate surface area is 236 Å². The minimum Gasteiger partial charge on any atom is -0.378 e. The minimum atomic E-state index is -1.68. The highest BCUT2D eigenvalue weighted by atomic mass is 35.5. The van der Waals surface area contributed by atoms with Crippen molar-refractivity contribution in [1.82, 2.24) is 15.0 Å². The van der Waals surface area contributed by atoms with Crippen LogP contribution in [0.2, 0.25) is 16.6 Å². The molecule has 0 aromatic carbocycles. The van der Waals surface area contributed by atoms with Gasteiger partial charge >= 0.3 is 0 Å². The van der Waals surface area contributed by atoms with Crippen LogP contribution in [0.4, 0.5) is 0 Å². The lowest BCUT2D eigenvalue weighted by atomic mass is 10.5. The first-order valence-corrected chi connectivity index (χ1v) is 16.5. The maximum atomic E-state index is 5.66. The standard InChI is InChI=1S/C27H50ClN3O6Si/c1-24(2)38(25(3)4,26(5)6)21-7-10-32-13-16-35-18-15-34-12-9-31-22-27(29-30-31)23-37-20-19-36-17-14-33-11-8-28/h22,24-26H,8-20,23H2,1-6H3. The minimum absolute atomic E-state index is 0.393. The Morgan fingerprint density at radius 2 is 1.24 bits per heavy atom. The fourth-order valence-corrected chi connectivity index (χ4v) is 9.88. The largest absolute Gasteiger partial charge is 0.378 e. The van der Waals surface area contributed by atoms with E-state index in [1.54, 1.807) is 4.68 Å². The van der Waals surface area contributed by atoms with Gasteiger partial charge < -0.3 is 28.4 Å². The fourth-order valence-electron chi connectivity index (χ4n) is 4.53. The molecule has 220 valence electrons. The van der Waals surface area contributed by atoms with Crippen molar-refractivity contribution in [3.8, 4) is 11.5 Å². The Morgan fingerprint density at radius 1 is 0.737 bits per heavy atom. The van der Waals surface area contributed by atoms with Crippen LogP contribution >= 0.6 is 11.6 Å². The molecule has 0 spiro atoms. The van der Waals surface area contributed by atoms with Gasteiger partial charge in [-0.15, -0.1) is 22.2 Å². The van der Waals surface area contributed by atoms with Gasteiger partial charge in [0.2, 0.25) is 0 Å². The number of ether oxygens (including phenoxy) is 6. The van der Waals surface area contributed by atoms with Gasteiger partial charge in [-0.2, -0.15) is 0 Å². The van der Waals surface area contributed by atoms with Crippen LogP contribution < -0.4 is 0 Å². The topological polar surface area (TPSA) is 86.1 Å². The number of aromatic nitrogens is 3. The molecule has 0 radical (unpaired) electrons. The second-order valence-corrected chi connectivity index (χ2v) is 15.9. The first-order valence-electron chi connectivity index (χ1n) is 13.8. The molecule has 1 heterocycles. The maximum Gasteiger partial charge on any atom is 0.146 e. The molecule has 0 atom stereocenters. The highest BCUT2D eigenvalue weighted by molar-refractivity contribution is 6.90. The Morgan fingerprint density at radius 3 is 1.79 bits per heavy atom. The molecule has 0 fully saturated rings. The van der Waals surface area contributed by atoms with Crippen LogP contribution in [0.5, 0.6) is 0 Å². The van der Waals surface area contributed by atoms with Gasteiger partial charge in [0.15, 0.2) is 0 Å². The molecule has 0 bridgehead atoms. The summed E-state index contributed by atoms with van der Waals surface area (Å²) in [5.74, 6) is 3.80. The summed E-state index contributed by atoms with van der Waals surface area (Å²) in [6.07, 6.45) is 1.86. The predicted molar refractivity (Wildman–Crippen MR) is 153 cm³/mol. The Balaban J connectivity index is 2.02. The fraction of sp³-hybridized carbons (Fsp3) is 0.852. The molecule has 0 unspecified atom stereocenters. The van der Waals surface area contributed by atoms with Crippen LogP contribution in [0.3, 0.4) is 0 Å². The first-order chi connectivity index (χ1) is 18.3. The number of nitrogens with zero attached hydrogens (tertiary/aromatic N) is 3. The molecule has 0 saturated heterocycles. The zero-order valence-corrected chi connectivity index (χ0v) is 26.1. The molecule has 0 aliphatic rings. The first kappa shape index (κ1) is 35.0. The average molecular weight is 576 g/mol. The smallest absolute Gasteiger partial charge is 0.146 e. The zero-order valence-electron chi connectivity index (χ0n) is 24.4. The van der Waals surface area contributed by atoms with Gasteiger partial charge in [0.1, 0.15) is 20.4 Å². The van der Waals surface area contributed by atoms with Gasteiger partial charge in [-0.25, -0.2) is 4.68 Å². The number of hydrogen-bond donors (Lipinski definition) is 0. The number of alkyl halides is 1. The van der Waals surface area contributed by atoms with E-state index in [0.29, 0.717) is 108 Å². The molecule has 0 N–H and O–H groups in total. The zero-order chi connectivity index (χ0) is 28.1. The molecule has 1 rings (SSSR count). The molecule has 38 heavy (non-hydrogen) atoms. The summed E-state index contributed by atoms with van der Waals surface area (Å²) in [4.78, 5) is 0. The molecule has 1 aromatic rings. The number of rotatable bonds is 23. The summed E-state index contributed by atoms with van der Waals surface area (Å²) in [6, 6.07) is 0. The van der Waals surface area contributed by atoms with E-state index in [9.17, 15) is 0 Å². The van der Waals surface area contributed by atoms with E-state index < -0.39 is 8.07 Å². The van der Waals surface area contributed by atoms with Crippen molar-refractivity contribution in [1.29, 1.82) is 0 Å². The third kappa shape index (κ3) is 14.4. The summed E-state index contributed by atoms with van der Waals surface area (Å²) < 4.78 is 34.8. The molecular formula is C27H50ClN3O6Si. The lowest BCUT2D eigenvalue weighted by Crippen LogP contribution is -2.43. The average Bonchev–Trinajstić information content (AvgIpc) is 3.32. The van der Waals surface area contributed by atoms with Crippen molar-refractivity contribution in [3.05, 3.63) is 11.9 Å². The summed E-state index contributed by atoms with van der Waals surface area (Å²) in [5, 5.41) is 8.20. The quantitative estimate of drug-likeness (QED) is 0.0824. The number of hydrogen-bond acceptors (Lipinski definition) is 8. The van der Waals surface area contributed by atoms with E-state index >= 15 is 0 Å². The van der Waals surface area contributed by atoms with Crippen molar-refractivity contribution in [2.24, 2.45) is 0 Å². The second kappa shape index (κ2) is 21.7. The molecule has 0 saturated carbocycles. The molecule has 0 amide bonds. The van der Waals surface area contributed by atoms with Crippen molar-refractivity contribution < 1.29 is 28.4 Å². The summed E-state index contributed by atoms with van der Waals surface area (Å²) >= 11 is 5.53. The summed E-state index contributed by atoms with van der Waals surface area (Å²) in [5.41, 5.74) is 6.34. The van der Waals surface area contributed by atoms with Crippen LogP contribution in [0.1, 0.15) is 47.2 Å². The van der Waals surface area contributed by atoms with Crippen molar-refractivity contribution >= 4 is 19.7 Å². The molecular weight excluding hydrogens is 526 g/mol. The summed E-state index contributed by atoms with van der Waals surface area (Å²) in [6.45, 7) is 20.6. The van der Waals surface area contributed by atoms with E-state index in [1.807, 2.05) is 6.20 Å². The lowest BCUT2D eigenvalue weighted by molar-refractivity contribution is 0.0125. The Hall–Kier alpha value is -1.03. The molecule has 11 heteroatoms. The van der Waals surface area contributed by atoms with Gasteiger partial charge in [-0.3, -0.25) is 0 Å². The van der Waals surface area contributed by atoms with Crippen LogP contribution in [0.25, 0.3) is 0 Å². The van der Waals surface area contributed by atoms with Crippen molar-refractivity contribution in [2.75, 3.05) is 78.6 Å². The van der Waals surface area contributed by atoms with E-state index in [2.05, 4.69) is 63.3 Å². The van der Waals surface area contributed by atoms with E-state index in [-0.39, 0.29) is 0 Å². The van der Waals surface area contributed by atoms with Gasteiger partial charge in [-0.05, 0) is 16.6 Å². The van der Waals surface area contributed by atoms with Crippen molar-refractivity contribution in [2.45, 2.75) is 71.3 Å². The van der Waals surface area contributed by atoms with Gasteiger partial charge in [0, 0.05) is 5.88 Å². The Kier molecular flexibility index (Phi) is 20.0. The van der Waals surface area contributed by atoms with Gasteiger partial charge in [0.25, 0.3) is 0 Å². The van der Waals surface area contributed by atoms with Crippen LogP contribution in [0, 0.1) is 11.5 Å². The van der Waals surface area contributed by atoms with Crippen molar-refractivity contribution in [3.63, 3.8) is 0 Å². The van der Waals surface area contributed by atoms with E-state index in [4.69, 9.17) is 40.0 Å². The van der Waals surface area contributed by atoms with Crippen LogP contribution in [0.15, 0.2) is 6.20 Å². The lowest BCUT2D eigenvalue weighted by Gasteiger charge is -2.38. The van der Waals surface area contributed by atoms with Crippen LogP contribution in [-0.4, -0.2) is 102 Å². The van der Waals surface area contributed by atoms with E-state index in [0.717, 1.165) is 5.69 Å². The highest BCUT2D eigenvalue weighted by Crippen LogP contribution is 2.40. The third-order valence-corrected chi connectivity index (χ3v) is 12.9. The molecule has 9 nitrogen and oxygen atoms in total. The maximum absolute atomic E-state index is 5.66. The normalized spacial score (nSPS) is 12.1. The van der Waals surface area contributed by atoms with Gasteiger partial charge in [-0.1, -0.05) is 52.7 Å². The highest BCUT2D eigenvalue weighted by Gasteiger charge is 2.41. The molecule has 0 aliphatic heterocycles. The van der Waals surface area contributed by atoms with E-state index in [1.165, 1.54) is 0 Å². The third-order valence-electron chi connectivity index (χ3n) is 6.36. The summed E-state index contributed by atoms with van der Waals surface area (Å²) in [7, 11) is -1.68. The monoisotopic (exact) mass is 575 g/mol. The molecule has 0 aliphatic carbocycles. The van der Waals surface area contributed by atoms with Gasteiger partial charge in [0.05, 0.1) is 85.4 Å². The second-order valence-electron chi connectivity index (χ2n) is 9.92. The molecule has 1 aromatic heterocycles. The predicted octanol–water partition coefficient (Wildman–Crippen LogP) is 4.34. The number of halogens is 1. The van der Waals surface area contributed by atoms with Crippen LogP contribution in [-0.2, 0) is 41.6 Å². The Bertz CT molecular complexity index is 748.